The number of hydrogen-bond acceptors (Lipinski definition) is 4. The molecule has 0 bridgehead atoms. The first kappa shape index (κ1) is 11.2. The Labute approximate surface area is 101 Å². The number of carbonyl (C=O) groups is 2. The van der Waals surface area contributed by atoms with Gasteiger partial charge >= 0.3 is 5.97 Å². The van der Waals surface area contributed by atoms with Crippen molar-refractivity contribution in [3.05, 3.63) is 0 Å². The van der Waals surface area contributed by atoms with Crippen molar-refractivity contribution in [2.45, 2.75) is 50.7 Å². The van der Waals surface area contributed by atoms with E-state index in [9.17, 15) is 9.59 Å². The molecule has 1 aliphatic carbocycles. The summed E-state index contributed by atoms with van der Waals surface area (Å²) in [5.74, 6) is -0.231. The highest BCUT2D eigenvalue weighted by Gasteiger charge is 2.69. The lowest BCUT2D eigenvalue weighted by Gasteiger charge is -2.57. The van der Waals surface area contributed by atoms with Crippen LogP contribution in [0.1, 0.15) is 39.5 Å². The van der Waals surface area contributed by atoms with Crippen LogP contribution in [0, 0.1) is 11.8 Å². The molecule has 3 fully saturated rings. The SMILES string of the molecule is CC1(C)CC(=O)[C@@H]2C[C@H]3CCCOC(=O)[C@]32O1. The zero-order valence-corrected chi connectivity index (χ0v) is 10.3. The van der Waals surface area contributed by atoms with Crippen LogP contribution in [0.3, 0.4) is 0 Å². The normalized spacial score (nSPS) is 43.9. The van der Waals surface area contributed by atoms with E-state index in [-0.39, 0.29) is 23.6 Å². The number of esters is 1. The summed E-state index contributed by atoms with van der Waals surface area (Å²) in [5, 5.41) is 0. The number of carbonyl (C=O) groups excluding carboxylic acids is 2. The average Bonchev–Trinajstić information content (AvgIpc) is 2.29. The topological polar surface area (TPSA) is 52.6 Å². The monoisotopic (exact) mass is 238 g/mol. The molecule has 2 aliphatic heterocycles. The Morgan fingerprint density at radius 2 is 2.06 bits per heavy atom. The van der Waals surface area contributed by atoms with Crippen molar-refractivity contribution < 1.29 is 19.1 Å². The lowest BCUT2D eigenvalue weighted by Crippen LogP contribution is -2.70. The molecule has 4 heteroatoms. The standard InChI is InChI=1S/C13H18O4/c1-12(2)7-10(14)9-6-8-4-3-5-16-11(15)13(8,9)17-12/h8-9H,3-7H2,1-2H3/t8-,9+,13+/m1/s1. The van der Waals surface area contributed by atoms with Gasteiger partial charge in [0.05, 0.1) is 18.1 Å². The largest absolute Gasteiger partial charge is 0.464 e. The highest BCUT2D eigenvalue weighted by molar-refractivity contribution is 5.95. The van der Waals surface area contributed by atoms with E-state index in [1.165, 1.54) is 0 Å². The molecule has 0 N–H and O–H groups in total. The molecule has 4 nitrogen and oxygen atoms in total. The predicted molar refractivity (Wildman–Crippen MR) is 59.3 cm³/mol. The minimum absolute atomic E-state index is 0.163. The third-order valence-corrected chi connectivity index (χ3v) is 4.33. The molecule has 17 heavy (non-hydrogen) atoms. The van der Waals surface area contributed by atoms with Crippen molar-refractivity contribution in [2.24, 2.45) is 11.8 Å². The molecule has 1 saturated carbocycles. The Morgan fingerprint density at radius 1 is 1.29 bits per heavy atom. The van der Waals surface area contributed by atoms with Crippen LogP contribution in [0.25, 0.3) is 0 Å². The summed E-state index contributed by atoms with van der Waals surface area (Å²) < 4.78 is 11.3. The number of cyclic esters (lactones) is 1. The fraction of sp³-hybridized carbons (Fsp3) is 0.846. The van der Waals surface area contributed by atoms with Crippen LogP contribution in [0.5, 0.6) is 0 Å². The summed E-state index contributed by atoms with van der Waals surface area (Å²) in [5.41, 5.74) is -1.50. The molecule has 0 aromatic heterocycles. The van der Waals surface area contributed by atoms with Gasteiger partial charge in [-0.2, -0.15) is 0 Å². The first-order valence-corrected chi connectivity index (χ1v) is 6.36. The van der Waals surface area contributed by atoms with E-state index < -0.39 is 11.2 Å². The zero-order valence-electron chi connectivity index (χ0n) is 10.3. The van der Waals surface area contributed by atoms with Crippen molar-refractivity contribution >= 4 is 11.8 Å². The first-order valence-electron chi connectivity index (χ1n) is 6.36. The fourth-order valence-corrected chi connectivity index (χ4v) is 3.61. The molecular weight excluding hydrogens is 220 g/mol. The molecule has 0 unspecified atom stereocenters. The Bertz CT molecular complexity index is 387. The van der Waals surface area contributed by atoms with Crippen LogP contribution in [0.2, 0.25) is 0 Å². The molecule has 0 aromatic carbocycles. The second-order valence-electron chi connectivity index (χ2n) is 6.06. The maximum atomic E-state index is 12.2. The van der Waals surface area contributed by atoms with Crippen molar-refractivity contribution in [3.8, 4) is 0 Å². The van der Waals surface area contributed by atoms with Gasteiger partial charge in [-0.25, -0.2) is 4.79 Å². The molecule has 2 heterocycles. The van der Waals surface area contributed by atoms with E-state index in [0.717, 1.165) is 19.3 Å². The minimum atomic E-state index is -0.949. The van der Waals surface area contributed by atoms with Crippen LogP contribution < -0.4 is 0 Å². The van der Waals surface area contributed by atoms with Gasteiger partial charge in [-0.1, -0.05) is 0 Å². The Hall–Kier alpha value is -0.900. The van der Waals surface area contributed by atoms with Gasteiger partial charge in [-0.3, -0.25) is 4.79 Å². The summed E-state index contributed by atoms with van der Waals surface area (Å²) in [6.45, 7) is 4.22. The zero-order chi connectivity index (χ0) is 12.3. The molecule has 3 atom stereocenters. The molecule has 0 amide bonds. The van der Waals surface area contributed by atoms with Gasteiger partial charge in [0.25, 0.3) is 0 Å². The summed E-state index contributed by atoms with van der Waals surface area (Å²) in [4.78, 5) is 24.3. The van der Waals surface area contributed by atoms with E-state index in [1.54, 1.807) is 0 Å². The van der Waals surface area contributed by atoms with Gasteiger partial charge in [0.1, 0.15) is 5.78 Å². The molecule has 3 aliphatic rings. The van der Waals surface area contributed by atoms with Gasteiger partial charge < -0.3 is 9.47 Å². The second kappa shape index (κ2) is 3.31. The first-order chi connectivity index (χ1) is 7.96. The Morgan fingerprint density at radius 3 is 2.82 bits per heavy atom. The van der Waals surface area contributed by atoms with Crippen LogP contribution >= 0.6 is 0 Å². The van der Waals surface area contributed by atoms with Crippen molar-refractivity contribution in [3.63, 3.8) is 0 Å². The maximum Gasteiger partial charge on any atom is 0.339 e. The predicted octanol–water partition coefficient (Wildman–Crippen LogP) is 1.47. The van der Waals surface area contributed by atoms with Gasteiger partial charge in [0, 0.05) is 12.3 Å². The highest BCUT2D eigenvalue weighted by Crippen LogP contribution is 2.56. The third kappa shape index (κ3) is 1.39. The number of rotatable bonds is 0. The summed E-state index contributed by atoms with van der Waals surface area (Å²) >= 11 is 0. The van der Waals surface area contributed by atoms with E-state index in [0.29, 0.717) is 13.0 Å². The summed E-state index contributed by atoms with van der Waals surface area (Å²) in [7, 11) is 0. The molecule has 3 rings (SSSR count). The summed E-state index contributed by atoms with van der Waals surface area (Å²) in [6.07, 6.45) is 3.00. The number of Topliss-reactive ketones (excluding diaryl/α,β-unsaturated/α-hetero) is 1. The summed E-state index contributed by atoms with van der Waals surface area (Å²) in [6, 6.07) is 0. The maximum absolute atomic E-state index is 12.2. The van der Waals surface area contributed by atoms with Gasteiger partial charge in [-0.05, 0) is 33.1 Å². The van der Waals surface area contributed by atoms with Crippen molar-refractivity contribution in [1.82, 2.24) is 0 Å². The van der Waals surface area contributed by atoms with E-state index in [1.807, 2.05) is 13.8 Å². The van der Waals surface area contributed by atoms with Crippen LogP contribution in [-0.2, 0) is 19.1 Å². The fourth-order valence-electron chi connectivity index (χ4n) is 3.61. The Kier molecular flexibility index (Phi) is 2.18. The number of hydrogen-bond donors (Lipinski definition) is 0. The molecule has 0 aromatic rings. The van der Waals surface area contributed by atoms with Crippen LogP contribution in [0.4, 0.5) is 0 Å². The quantitative estimate of drug-likeness (QED) is 0.600. The van der Waals surface area contributed by atoms with E-state index in [4.69, 9.17) is 9.47 Å². The van der Waals surface area contributed by atoms with Crippen LogP contribution in [-0.4, -0.2) is 29.6 Å². The lowest BCUT2D eigenvalue weighted by atomic mass is 9.55. The van der Waals surface area contributed by atoms with Crippen molar-refractivity contribution in [2.75, 3.05) is 6.61 Å². The smallest absolute Gasteiger partial charge is 0.339 e. The highest BCUT2D eigenvalue weighted by atomic mass is 16.6. The third-order valence-electron chi connectivity index (χ3n) is 4.33. The lowest BCUT2D eigenvalue weighted by molar-refractivity contribution is -0.262. The molecule has 94 valence electrons. The van der Waals surface area contributed by atoms with Gasteiger partial charge in [0.2, 0.25) is 0 Å². The second-order valence-corrected chi connectivity index (χ2v) is 6.06. The van der Waals surface area contributed by atoms with Crippen molar-refractivity contribution in [1.29, 1.82) is 0 Å². The molecule has 1 spiro atoms. The van der Waals surface area contributed by atoms with E-state index >= 15 is 0 Å². The van der Waals surface area contributed by atoms with Gasteiger partial charge in [-0.15, -0.1) is 0 Å². The number of ether oxygens (including phenoxy) is 2. The van der Waals surface area contributed by atoms with E-state index in [2.05, 4.69) is 0 Å². The average molecular weight is 238 g/mol. The molecule has 2 saturated heterocycles. The van der Waals surface area contributed by atoms with Crippen LogP contribution in [0.15, 0.2) is 0 Å². The Balaban J connectivity index is 2.00. The minimum Gasteiger partial charge on any atom is -0.464 e. The van der Waals surface area contributed by atoms with Gasteiger partial charge in [0.15, 0.2) is 5.60 Å². The molecular formula is C13H18O4. The molecule has 0 radical (unpaired) electrons. The number of ketones is 1.